The number of hydrogen-bond acceptors (Lipinski definition) is 5. The summed E-state index contributed by atoms with van der Waals surface area (Å²) in [4.78, 5) is 26.6. The molecule has 0 amide bonds. The molecule has 0 fully saturated rings. The first-order valence-corrected chi connectivity index (χ1v) is 11.4. The van der Waals surface area contributed by atoms with E-state index in [4.69, 9.17) is 16.6 Å². The number of hydrogen-bond donors (Lipinski definition) is 0. The molecule has 0 spiro atoms. The Hall–Kier alpha value is -3.03. The van der Waals surface area contributed by atoms with Crippen molar-refractivity contribution in [1.29, 1.82) is 0 Å². The van der Waals surface area contributed by atoms with Gasteiger partial charge in [-0.15, -0.1) is 11.3 Å². The third kappa shape index (κ3) is 4.99. The molecule has 0 aliphatic carbocycles. The third-order valence-electron chi connectivity index (χ3n) is 4.93. The highest BCUT2D eigenvalue weighted by Gasteiger charge is 2.24. The summed E-state index contributed by atoms with van der Waals surface area (Å²) in [6.45, 7) is 6.22. The minimum absolute atomic E-state index is 0.135. The van der Waals surface area contributed by atoms with Gasteiger partial charge < -0.3 is 0 Å². The lowest BCUT2D eigenvalue weighted by atomic mass is 9.97. The van der Waals surface area contributed by atoms with Crippen LogP contribution in [0.25, 0.3) is 21.8 Å². The lowest BCUT2D eigenvalue weighted by molar-refractivity contribution is 0.0985. The van der Waals surface area contributed by atoms with Crippen LogP contribution in [0.1, 0.15) is 41.7 Å². The van der Waals surface area contributed by atoms with Gasteiger partial charge in [0.05, 0.1) is 26.8 Å². The van der Waals surface area contributed by atoms with Gasteiger partial charge in [-0.25, -0.2) is 23.7 Å². The Kier molecular flexibility index (Phi) is 6.36. The molecule has 2 heterocycles. The summed E-state index contributed by atoms with van der Waals surface area (Å²) in [5.74, 6) is -2.36. The Bertz CT molecular complexity index is 1330. The van der Waals surface area contributed by atoms with Crippen molar-refractivity contribution in [3.8, 4) is 21.8 Å². The molecule has 0 N–H and O–H groups in total. The van der Waals surface area contributed by atoms with Crippen LogP contribution in [0, 0.1) is 11.6 Å². The molecule has 168 valence electrons. The van der Waals surface area contributed by atoms with E-state index in [-0.39, 0.29) is 17.1 Å². The smallest absolute Gasteiger partial charge is 0.222 e. The molecular weight excluding hydrogens is 464 g/mol. The van der Waals surface area contributed by atoms with Gasteiger partial charge in [0.1, 0.15) is 11.6 Å². The van der Waals surface area contributed by atoms with Crippen LogP contribution in [0.3, 0.4) is 0 Å². The van der Waals surface area contributed by atoms with E-state index >= 15 is 0 Å². The Morgan fingerprint density at radius 3 is 2.39 bits per heavy atom. The highest BCUT2D eigenvalue weighted by atomic mass is 35.5. The third-order valence-corrected chi connectivity index (χ3v) is 6.62. The zero-order valence-corrected chi connectivity index (χ0v) is 19.8. The van der Waals surface area contributed by atoms with E-state index < -0.39 is 23.0 Å². The van der Waals surface area contributed by atoms with Crippen molar-refractivity contribution in [3.63, 3.8) is 0 Å². The van der Waals surface area contributed by atoms with Gasteiger partial charge in [0.15, 0.2) is 5.78 Å². The molecule has 0 unspecified atom stereocenters. The summed E-state index contributed by atoms with van der Waals surface area (Å²) >= 11 is 7.54. The van der Waals surface area contributed by atoms with Crippen LogP contribution in [0.5, 0.6) is 0 Å². The van der Waals surface area contributed by atoms with Gasteiger partial charge in [-0.05, 0) is 41.4 Å². The van der Waals surface area contributed by atoms with E-state index in [9.17, 15) is 13.6 Å². The van der Waals surface area contributed by atoms with Gasteiger partial charge in [0, 0.05) is 23.6 Å². The molecule has 4 nitrogen and oxygen atoms in total. The SMILES string of the molecule is CC(C)(C)c1nc(-c2cccc(CC(=O)c3c(F)cccc3F)c2)c(-c2ccnc(Cl)n2)s1. The van der Waals surface area contributed by atoms with E-state index in [0.717, 1.165) is 27.6 Å². The van der Waals surface area contributed by atoms with Crippen molar-refractivity contribution in [2.24, 2.45) is 0 Å². The molecule has 4 rings (SSSR count). The molecule has 33 heavy (non-hydrogen) atoms. The molecule has 0 aliphatic heterocycles. The minimum Gasteiger partial charge on any atom is -0.294 e. The fourth-order valence-electron chi connectivity index (χ4n) is 3.34. The number of halogens is 3. The lowest BCUT2D eigenvalue weighted by Gasteiger charge is -2.13. The lowest BCUT2D eigenvalue weighted by Crippen LogP contribution is -2.10. The van der Waals surface area contributed by atoms with Crippen molar-refractivity contribution >= 4 is 28.7 Å². The summed E-state index contributed by atoms with van der Waals surface area (Å²) in [6, 6.07) is 12.4. The average molecular weight is 484 g/mol. The van der Waals surface area contributed by atoms with Crippen LogP contribution in [-0.2, 0) is 11.8 Å². The molecule has 8 heteroatoms. The van der Waals surface area contributed by atoms with E-state index in [1.54, 1.807) is 24.4 Å². The van der Waals surface area contributed by atoms with Gasteiger partial charge in [-0.2, -0.15) is 0 Å². The number of nitrogens with zero attached hydrogens (tertiary/aromatic N) is 3. The average Bonchev–Trinajstić information content (AvgIpc) is 3.20. The zero-order valence-electron chi connectivity index (χ0n) is 18.2. The topological polar surface area (TPSA) is 55.7 Å². The van der Waals surface area contributed by atoms with Crippen LogP contribution in [0.4, 0.5) is 8.78 Å². The van der Waals surface area contributed by atoms with Crippen LogP contribution < -0.4 is 0 Å². The Morgan fingerprint density at radius 1 is 1.03 bits per heavy atom. The Labute approximate surface area is 199 Å². The summed E-state index contributed by atoms with van der Waals surface area (Å²) in [7, 11) is 0. The first-order valence-electron chi connectivity index (χ1n) is 10.2. The van der Waals surface area contributed by atoms with Crippen LogP contribution in [0.2, 0.25) is 5.28 Å². The van der Waals surface area contributed by atoms with Gasteiger partial charge in [0.2, 0.25) is 5.28 Å². The quantitative estimate of drug-likeness (QED) is 0.228. The summed E-state index contributed by atoms with van der Waals surface area (Å²) < 4.78 is 28.1. The fraction of sp³-hybridized carbons (Fsp3) is 0.200. The second kappa shape index (κ2) is 9.08. The van der Waals surface area contributed by atoms with Crippen molar-refractivity contribution < 1.29 is 13.6 Å². The van der Waals surface area contributed by atoms with Crippen LogP contribution in [-0.4, -0.2) is 20.7 Å². The normalized spacial score (nSPS) is 11.6. The number of aromatic nitrogens is 3. The van der Waals surface area contributed by atoms with Crippen LogP contribution >= 0.6 is 22.9 Å². The fourth-order valence-corrected chi connectivity index (χ4v) is 4.60. The number of rotatable bonds is 5. The molecule has 0 atom stereocenters. The Morgan fingerprint density at radius 2 is 1.73 bits per heavy atom. The van der Waals surface area contributed by atoms with E-state index in [1.807, 2.05) is 12.1 Å². The monoisotopic (exact) mass is 483 g/mol. The molecule has 0 bridgehead atoms. The second-order valence-electron chi connectivity index (χ2n) is 8.55. The number of ketones is 1. The maximum absolute atomic E-state index is 14.0. The Balaban J connectivity index is 1.75. The molecule has 0 aliphatic rings. The number of thiazole rings is 1. The van der Waals surface area contributed by atoms with E-state index in [2.05, 4.69) is 30.7 Å². The van der Waals surface area contributed by atoms with Gasteiger partial charge >= 0.3 is 0 Å². The first-order chi connectivity index (χ1) is 15.6. The van der Waals surface area contributed by atoms with Gasteiger partial charge in [-0.1, -0.05) is 45.0 Å². The molecule has 0 saturated carbocycles. The zero-order chi connectivity index (χ0) is 23.8. The van der Waals surface area contributed by atoms with Crippen LogP contribution in [0.15, 0.2) is 54.7 Å². The van der Waals surface area contributed by atoms with Crippen molar-refractivity contribution in [2.75, 3.05) is 0 Å². The number of benzene rings is 2. The van der Waals surface area contributed by atoms with E-state index in [1.165, 1.54) is 17.4 Å². The van der Waals surface area contributed by atoms with Crippen molar-refractivity contribution in [3.05, 3.63) is 87.8 Å². The highest BCUT2D eigenvalue weighted by molar-refractivity contribution is 7.15. The first kappa shape index (κ1) is 23.1. The second-order valence-corrected chi connectivity index (χ2v) is 9.89. The van der Waals surface area contributed by atoms with Gasteiger partial charge in [0.25, 0.3) is 0 Å². The van der Waals surface area contributed by atoms with Crippen molar-refractivity contribution in [2.45, 2.75) is 32.6 Å². The molecular formula is C25H20ClF2N3OS. The molecule has 2 aromatic heterocycles. The largest absolute Gasteiger partial charge is 0.294 e. The maximum atomic E-state index is 14.0. The van der Waals surface area contributed by atoms with Crippen molar-refractivity contribution in [1.82, 2.24) is 15.0 Å². The highest BCUT2D eigenvalue weighted by Crippen LogP contribution is 2.40. The molecule has 4 aromatic rings. The maximum Gasteiger partial charge on any atom is 0.222 e. The molecule has 2 aromatic carbocycles. The molecule has 0 saturated heterocycles. The molecule has 0 radical (unpaired) electrons. The standard InChI is InChI=1S/C25H20ClF2N3OS/c1-25(2,3)23-31-21(22(33-23)18-10-11-29-24(26)30-18)15-7-4-6-14(12-15)13-19(32)20-16(27)8-5-9-17(20)28/h4-12H,13H2,1-3H3. The number of Topliss-reactive ketones (excluding diaryl/α,β-unsaturated/α-hetero) is 1. The van der Waals surface area contributed by atoms with Gasteiger partial charge in [-0.3, -0.25) is 4.79 Å². The predicted octanol–water partition coefficient (Wildman–Crippen LogP) is 6.92. The summed E-state index contributed by atoms with van der Waals surface area (Å²) in [5.41, 5.74) is 2.02. The summed E-state index contributed by atoms with van der Waals surface area (Å²) in [6.07, 6.45) is 1.44. The summed E-state index contributed by atoms with van der Waals surface area (Å²) in [5, 5.41) is 1.05. The number of carbonyl (C=O) groups excluding carboxylic acids is 1. The predicted molar refractivity (Wildman–Crippen MR) is 127 cm³/mol. The number of carbonyl (C=O) groups is 1. The minimum atomic E-state index is -0.867. The van der Waals surface area contributed by atoms with E-state index in [0.29, 0.717) is 17.0 Å².